The molecule has 15 heavy (non-hydrogen) atoms. The summed E-state index contributed by atoms with van der Waals surface area (Å²) in [4.78, 5) is 0. The molecule has 0 fully saturated rings. The van der Waals surface area contributed by atoms with Gasteiger partial charge in [0.2, 0.25) is 0 Å². The maximum Gasteiger partial charge on any atom is 0.0506 e. The summed E-state index contributed by atoms with van der Waals surface area (Å²) >= 11 is 5.92. The lowest BCUT2D eigenvalue weighted by Gasteiger charge is -2.17. The summed E-state index contributed by atoms with van der Waals surface area (Å²) < 4.78 is 0. The summed E-state index contributed by atoms with van der Waals surface area (Å²) in [6.07, 6.45) is 3.06. The maximum absolute atomic E-state index is 5.92. The van der Waals surface area contributed by atoms with Crippen LogP contribution in [0.1, 0.15) is 30.5 Å². The van der Waals surface area contributed by atoms with E-state index in [9.17, 15) is 0 Å². The lowest BCUT2D eigenvalue weighted by atomic mass is 10.0. The summed E-state index contributed by atoms with van der Waals surface area (Å²) in [6, 6.07) is 6.20. The van der Waals surface area contributed by atoms with Crippen LogP contribution in [0.15, 0.2) is 30.9 Å². The van der Waals surface area contributed by atoms with Crippen molar-refractivity contribution in [2.24, 2.45) is 0 Å². The molecule has 82 valence electrons. The number of benzene rings is 1. The van der Waals surface area contributed by atoms with Crippen molar-refractivity contribution in [1.82, 2.24) is 5.32 Å². The molecule has 0 heterocycles. The Morgan fingerprint density at radius 3 is 2.80 bits per heavy atom. The third-order valence-corrected chi connectivity index (χ3v) is 2.65. The number of halogens is 1. The van der Waals surface area contributed by atoms with Gasteiger partial charge in [-0.1, -0.05) is 30.7 Å². The third-order valence-electron chi connectivity index (χ3n) is 2.42. The molecule has 0 spiro atoms. The first-order valence-corrected chi connectivity index (χ1v) is 5.68. The van der Waals surface area contributed by atoms with Crippen LogP contribution in [0.4, 0.5) is 0 Å². The van der Waals surface area contributed by atoms with E-state index in [0.717, 1.165) is 18.0 Å². The number of hydrogen-bond acceptors (Lipinski definition) is 1. The van der Waals surface area contributed by atoms with Crippen LogP contribution in [-0.4, -0.2) is 6.54 Å². The average Bonchev–Trinajstić information content (AvgIpc) is 2.21. The van der Waals surface area contributed by atoms with Crippen LogP contribution in [0.25, 0.3) is 0 Å². The van der Waals surface area contributed by atoms with Crippen molar-refractivity contribution in [3.63, 3.8) is 0 Å². The van der Waals surface area contributed by atoms with E-state index in [2.05, 4.69) is 31.8 Å². The standard InChI is InChI=1S/C13H18ClN/c1-4-8-15-13(5-2)12-7-6-11(14)9-10(12)3/h5-7,9,13,15H,2,4,8H2,1,3H3. The molecule has 0 saturated heterocycles. The Labute approximate surface area is 97.1 Å². The Hall–Kier alpha value is -0.790. The topological polar surface area (TPSA) is 12.0 Å². The van der Waals surface area contributed by atoms with Crippen LogP contribution in [0, 0.1) is 6.92 Å². The Bertz CT molecular complexity index is 333. The molecule has 0 bridgehead atoms. The highest BCUT2D eigenvalue weighted by atomic mass is 35.5. The third kappa shape index (κ3) is 3.37. The van der Waals surface area contributed by atoms with Crippen molar-refractivity contribution in [2.75, 3.05) is 6.54 Å². The molecule has 2 heteroatoms. The minimum atomic E-state index is 0.224. The molecule has 0 aliphatic rings. The van der Waals surface area contributed by atoms with Gasteiger partial charge in [-0.15, -0.1) is 6.58 Å². The van der Waals surface area contributed by atoms with E-state index in [1.54, 1.807) is 0 Å². The number of hydrogen-bond donors (Lipinski definition) is 1. The van der Waals surface area contributed by atoms with E-state index in [4.69, 9.17) is 11.6 Å². The van der Waals surface area contributed by atoms with E-state index in [1.165, 1.54) is 11.1 Å². The fourth-order valence-corrected chi connectivity index (χ4v) is 1.83. The predicted molar refractivity (Wildman–Crippen MR) is 67.4 cm³/mol. The van der Waals surface area contributed by atoms with Crippen molar-refractivity contribution in [1.29, 1.82) is 0 Å². The highest BCUT2D eigenvalue weighted by molar-refractivity contribution is 6.30. The predicted octanol–water partition coefficient (Wildman–Crippen LogP) is 3.88. The van der Waals surface area contributed by atoms with Crippen LogP contribution >= 0.6 is 11.6 Å². The minimum Gasteiger partial charge on any atom is -0.307 e. The van der Waals surface area contributed by atoms with Gasteiger partial charge in [-0.05, 0) is 43.1 Å². The van der Waals surface area contributed by atoms with Gasteiger partial charge in [-0.3, -0.25) is 0 Å². The summed E-state index contributed by atoms with van der Waals surface area (Å²) in [7, 11) is 0. The molecule has 1 atom stereocenters. The number of rotatable bonds is 5. The van der Waals surface area contributed by atoms with Gasteiger partial charge in [-0.25, -0.2) is 0 Å². The van der Waals surface area contributed by atoms with Crippen LogP contribution in [0.3, 0.4) is 0 Å². The second-order valence-corrected chi connectivity index (χ2v) is 4.10. The van der Waals surface area contributed by atoms with Gasteiger partial charge in [0.25, 0.3) is 0 Å². The van der Waals surface area contributed by atoms with Gasteiger partial charge >= 0.3 is 0 Å². The molecule has 0 amide bonds. The van der Waals surface area contributed by atoms with Gasteiger partial charge in [0.1, 0.15) is 0 Å². The van der Waals surface area contributed by atoms with Gasteiger partial charge in [-0.2, -0.15) is 0 Å². The first-order chi connectivity index (χ1) is 7.19. The molecule has 0 aliphatic carbocycles. The van der Waals surface area contributed by atoms with E-state index in [-0.39, 0.29) is 6.04 Å². The zero-order chi connectivity index (χ0) is 11.3. The van der Waals surface area contributed by atoms with Crippen molar-refractivity contribution >= 4 is 11.6 Å². The molecule has 1 rings (SSSR count). The quantitative estimate of drug-likeness (QED) is 0.748. The maximum atomic E-state index is 5.92. The van der Waals surface area contributed by atoms with Gasteiger partial charge in [0.15, 0.2) is 0 Å². The van der Waals surface area contributed by atoms with Crippen LogP contribution in [0.5, 0.6) is 0 Å². The number of aryl methyl sites for hydroxylation is 1. The molecular formula is C13H18ClN. The van der Waals surface area contributed by atoms with Crippen LogP contribution in [-0.2, 0) is 0 Å². The van der Waals surface area contributed by atoms with E-state index < -0.39 is 0 Å². The normalized spacial score (nSPS) is 12.5. The fraction of sp³-hybridized carbons (Fsp3) is 0.385. The molecule has 0 radical (unpaired) electrons. The Balaban J connectivity index is 2.86. The van der Waals surface area contributed by atoms with E-state index in [1.807, 2.05) is 18.2 Å². The van der Waals surface area contributed by atoms with E-state index >= 15 is 0 Å². The smallest absolute Gasteiger partial charge is 0.0506 e. The average molecular weight is 224 g/mol. The molecule has 1 nitrogen and oxygen atoms in total. The summed E-state index contributed by atoms with van der Waals surface area (Å²) in [5.74, 6) is 0. The van der Waals surface area contributed by atoms with Crippen LogP contribution < -0.4 is 5.32 Å². The molecule has 0 aromatic heterocycles. The van der Waals surface area contributed by atoms with Crippen LogP contribution in [0.2, 0.25) is 5.02 Å². The molecule has 0 saturated carbocycles. The first-order valence-electron chi connectivity index (χ1n) is 5.31. The Morgan fingerprint density at radius 1 is 1.53 bits per heavy atom. The first kappa shape index (κ1) is 12.3. The van der Waals surface area contributed by atoms with E-state index in [0.29, 0.717) is 0 Å². The molecule has 0 aliphatic heterocycles. The van der Waals surface area contributed by atoms with Crippen molar-refractivity contribution < 1.29 is 0 Å². The highest BCUT2D eigenvalue weighted by Crippen LogP contribution is 2.22. The SMILES string of the molecule is C=CC(NCCC)c1ccc(Cl)cc1C. The fourth-order valence-electron chi connectivity index (χ4n) is 1.61. The minimum absolute atomic E-state index is 0.224. The van der Waals surface area contributed by atoms with Crippen molar-refractivity contribution in [3.8, 4) is 0 Å². The lowest BCUT2D eigenvalue weighted by Crippen LogP contribution is -2.20. The largest absolute Gasteiger partial charge is 0.307 e. The second-order valence-electron chi connectivity index (χ2n) is 3.67. The number of nitrogens with one attached hydrogen (secondary N) is 1. The molecule has 1 N–H and O–H groups in total. The zero-order valence-electron chi connectivity index (χ0n) is 9.39. The molecule has 1 aromatic rings. The van der Waals surface area contributed by atoms with Crippen molar-refractivity contribution in [2.45, 2.75) is 26.3 Å². The van der Waals surface area contributed by atoms with Gasteiger partial charge < -0.3 is 5.32 Å². The summed E-state index contributed by atoms with van der Waals surface area (Å²) in [6.45, 7) is 9.09. The van der Waals surface area contributed by atoms with Crippen molar-refractivity contribution in [3.05, 3.63) is 47.0 Å². The second kappa shape index (κ2) is 5.94. The highest BCUT2D eigenvalue weighted by Gasteiger charge is 2.08. The monoisotopic (exact) mass is 223 g/mol. The zero-order valence-corrected chi connectivity index (χ0v) is 10.1. The Morgan fingerprint density at radius 2 is 2.27 bits per heavy atom. The summed E-state index contributed by atoms with van der Waals surface area (Å²) in [5.41, 5.74) is 2.46. The molecule has 1 unspecified atom stereocenters. The molecular weight excluding hydrogens is 206 g/mol. The van der Waals surface area contributed by atoms with Gasteiger partial charge in [0, 0.05) is 5.02 Å². The molecule has 1 aromatic carbocycles. The lowest BCUT2D eigenvalue weighted by molar-refractivity contribution is 0.611. The summed E-state index contributed by atoms with van der Waals surface area (Å²) in [5, 5.41) is 4.22. The van der Waals surface area contributed by atoms with Gasteiger partial charge in [0.05, 0.1) is 6.04 Å². The Kier molecular flexibility index (Phi) is 4.86.